The molecule has 0 saturated heterocycles. The molecule has 3 heteroatoms. The molecule has 47 heavy (non-hydrogen) atoms. The fraction of sp³-hybridized carbons (Fsp3) is 0.364. The van der Waals surface area contributed by atoms with E-state index in [-0.39, 0.29) is 58.1 Å². The summed E-state index contributed by atoms with van der Waals surface area (Å²) in [6, 6.07) is 35.4. The van der Waals surface area contributed by atoms with Gasteiger partial charge in [0.25, 0.3) is 0 Å². The standard InChI is InChI=1S/C44H52Si.2Li.2H/c1-9-29-25-39-35(31-17-21-33(22-18-31)43(3,4)5)13-11-15-37(39)41(29)27-45-28-42-30(10-2)26-40-36(14-12-16-38(40)42)32-19-23-34(24-20-32)44(6,7)8;;;;/h11-26,41-42H,9-10,27-28,45H2,1-8H3;;;;. The van der Waals surface area contributed by atoms with Crippen LogP contribution in [0.4, 0.5) is 0 Å². The Hall–Kier alpha value is -2.23. The fourth-order valence-electron chi connectivity index (χ4n) is 7.78. The van der Waals surface area contributed by atoms with Crippen LogP contribution >= 0.6 is 0 Å². The molecule has 0 heterocycles. The van der Waals surface area contributed by atoms with Gasteiger partial charge in [-0.15, -0.1) is 0 Å². The van der Waals surface area contributed by atoms with Gasteiger partial charge in [0.1, 0.15) is 0 Å². The second-order valence-corrected chi connectivity index (χ2v) is 17.3. The summed E-state index contributed by atoms with van der Waals surface area (Å²) in [5, 5.41) is 0. The molecule has 6 rings (SSSR count). The van der Waals surface area contributed by atoms with Crippen molar-refractivity contribution in [3.05, 3.63) is 129 Å². The molecule has 2 aliphatic rings. The Morgan fingerprint density at radius 3 is 1.19 bits per heavy atom. The van der Waals surface area contributed by atoms with Gasteiger partial charge in [-0.05, 0) is 79.3 Å². The van der Waals surface area contributed by atoms with Crippen LogP contribution in [0.2, 0.25) is 12.1 Å². The zero-order valence-electron chi connectivity index (χ0n) is 28.9. The van der Waals surface area contributed by atoms with E-state index < -0.39 is 0 Å². The molecule has 4 aromatic rings. The van der Waals surface area contributed by atoms with Crippen molar-refractivity contribution in [2.45, 2.75) is 103 Å². The van der Waals surface area contributed by atoms with Crippen LogP contribution in [0.3, 0.4) is 0 Å². The van der Waals surface area contributed by atoms with Gasteiger partial charge in [0, 0.05) is 21.4 Å². The summed E-state index contributed by atoms with van der Waals surface area (Å²) in [7, 11) is -0.283. The molecule has 0 bridgehead atoms. The van der Waals surface area contributed by atoms with Crippen molar-refractivity contribution < 1.29 is 0 Å². The Morgan fingerprint density at radius 1 is 0.511 bits per heavy atom. The molecular weight excluding hydrogens is 570 g/mol. The molecule has 0 N–H and O–H groups in total. The summed E-state index contributed by atoms with van der Waals surface area (Å²) in [5.41, 5.74) is 18.0. The first kappa shape index (κ1) is 37.6. The first-order valence-electron chi connectivity index (χ1n) is 17.4. The average molecular weight is 625 g/mol. The van der Waals surface area contributed by atoms with Gasteiger partial charge >= 0.3 is 37.7 Å². The van der Waals surface area contributed by atoms with Gasteiger partial charge in [0.15, 0.2) is 0 Å². The second kappa shape index (κ2) is 15.1. The third-order valence-corrected chi connectivity index (χ3v) is 12.5. The molecule has 2 atom stereocenters. The molecule has 2 aliphatic carbocycles. The summed E-state index contributed by atoms with van der Waals surface area (Å²) >= 11 is 0. The topological polar surface area (TPSA) is 0 Å². The van der Waals surface area contributed by atoms with Gasteiger partial charge in [0.2, 0.25) is 0 Å². The molecule has 0 amide bonds. The van der Waals surface area contributed by atoms with E-state index in [9.17, 15) is 0 Å². The van der Waals surface area contributed by atoms with Crippen molar-refractivity contribution in [1.29, 1.82) is 0 Å². The number of fused-ring (bicyclic) bond motifs is 2. The Labute approximate surface area is 312 Å². The van der Waals surface area contributed by atoms with Gasteiger partial charge in [-0.2, -0.15) is 0 Å². The third-order valence-electron chi connectivity index (χ3n) is 10.5. The summed E-state index contributed by atoms with van der Waals surface area (Å²) < 4.78 is 0. The molecular formula is C44H54Li2Si. The maximum atomic E-state index is 2.54. The van der Waals surface area contributed by atoms with Gasteiger partial charge in [0.05, 0.1) is 0 Å². The predicted octanol–water partition coefficient (Wildman–Crippen LogP) is 10.8. The van der Waals surface area contributed by atoms with Gasteiger partial charge in [-0.3, -0.25) is 0 Å². The summed E-state index contributed by atoms with van der Waals surface area (Å²) in [6.45, 7) is 18.5. The number of benzene rings is 4. The van der Waals surface area contributed by atoms with E-state index in [4.69, 9.17) is 0 Å². The second-order valence-electron chi connectivity index (χ2n) is 15.5. The molecule has 0 saturated carbocycles. The van der Waals surface area contributed by atoms with Gasteiger partial charge in [-0.25, -0.2) is 0 Å². The molecule has 0 radical (unpaired) electrons. The van der Waals surface area contributed by atoms with Crippen molar-refractivity contribution in [2.75, 3.05) is 0 Å². The van der Waals surface area contributed by atoms with Crippen LogP contribution in [-0.2, 0) is 10.8 Å². The Kier molecular flexibility index (Phi) is 12.1. The van der Waals surface area contributed by atoms with Crippen molar-refractivity contribution in [3.8, 4) is 22.3 Å². The quantitative estimate of drug-likeness (QED) is 0.171. The van der Waals surface area contributed by atoms with Crippen molar-refractivity contribution in [2.24, 2.45) is 0 Å². The van der Waals surface area contributed by atoms with Crippen LogP contribution in [0.1, 0.15) is 113 Å². The van der Waals surface area contributed by atoms with E-state index in [1.165, 1.54) is 56.6 Å². The number of rotatable bonds is 8. The van der Waals surface area contributed by atoms with Gasteiger partial charge in [-0.1, -0.05) is 176 Å². The Morgan fingerprint density at radius 2 is 0.872 bits per heavy atom. The molecule has 0 spiro atoms. The SMILES string of the molecule is CCC1=Cc2c(-c3ccc(C(C)(C)C)cc3)cccc2C1C[SiH2]CC1C(CC)=Cc2c(-c3ccc(C(C)(C)C)cc3)cccc21.[LiH].[LiH]. The molecule has 0 nitrogen and oxygen atoms in total. The van der Waals surface area contributed by atoms with Crippen LogP contribution in [0, 0.1) is 0 Å². The number of hydrogen-bond donors (Lipinski definition) is 0. The fourth-order valence-corrected chi connectivity index (χ4v) is 10.2. The number of allylic oxidation sites excluding steroid dienone is 2. The van der Waals surface area contributed by atoms with Crippen LogP contribution in [0.5, 0.6) is 0 Å². The minimum absolute atomic E-state index is 0. The minimum atomic E-state index is -0.283. The zero-order valence-corrected chi connectivity index (χ0v) is 30.3. The monoisotopic (exact) mass is 624 g/mol. The molecule has 0 aliphatic heterocycles. The van der Waals surface area contributed by atoms with E-state index in [1.807, 2.05) is 0 Å². The van der Waals surface area contributed by atoms with E-state index >= 15 is 0 Å². The van der Waals surface area contributed by atoms with E-state index in [2.05, 4.69) is 152 Å². The summed E-state index contributed by atoms with van der Waals surface area (Å²) in [6.07, 6.45) is 7.36. The molecule has 236 valence electrons. The van der Waals surface area contributed by atoms with E-state index in [0.29, 0.717) is 11.8 Å². The first-order valence-corrected chi connectivity index (χ1v) is 19.4. The van der Waals surface area contributed by atoms with Crippen LogP contribution < -0.4 is 0 Å². The maximum absolute atomic E-state index is 2.54. The molecule has 4 aromatic carbocycles. The van der Waals surface area contributed by atoms with Crippen molar-refractivity contribution >= 4 is 59.4 Å². The van der Waals surface area contributed by atoms with Crippen LogP contribution in [0.15, 0.2) is 96.1 Å². The van der Waals surface area contributed by atoms with Gasteiger partial charge < -0.3 is 0 Å². The van der Waals surface area contributed by atoms with Crippen molar-refractivity contribution in [3.63, 3.8) is 0 Å². The molecule has 0 aromatic heterocycles. The first-order chi connectivity index (χ1) is 21.5. The summed E-state index contributed by atoms with van der Waals surface area (Å²) in [5.74, 6) is 1.18. The zero-order chi connectivity index (χ0) is 31.9. The predicted molar refractivity (Wildman–Crippen MR) is 216 cm³/mol. The normalized spacial score (nSPS) is 17.1. The number of hydrogen-bond acceptors (Lipinski definition) is 0. The van der Waals surface area contributed by atoms with Crippen LogP contribution in [-0.4, -0.2) is 47.2 Å². The Bertz CT molecular complexity index is 1610. The third kappa shape index (κ3) is 7.67. The summed E-state index contributed by atoms with van der Waals surface area (Å²) in [4.78, 5) is 0. The Balaban J connectivity index is 0.00000250. The van der Waals surface area contributed by atoms with Crippen LogP contribution in [0.25, 0.3) is 34.4 Å². The molecule has 0 fully saturated rings. The van der Waals surface area contributed by atoms with Crippen molar-refractivity contribution in [1.82, 2.24) is 0 Å². The average Bonchev–Trinajstić information content (AvgIpc) is 3.58. The van der Waals surface area contributed by atoms with E-state index in [0.717, 1.165) is 12.8 Å². The van der Waals surface area contributed by atoms with E-state index in [1.54, 1.807) is 22.3 Å². The molecule has 2 unspecified atom stereocenters.